The number of hydrogen-bond donors (Lipinski definition) is 2. The molecule has 3 N–H and O–H groups in total. The van der Waals surface area contributed by atoms with E-state index in [4.69, 9.17) is 22.1 Å². The van der Waals surface area contributed by atoms with E-state index in [1.807, 2.05) is 4.90 Å². The molecule has 5 nitrogen and oxygen atoms in total. The third kappa shape index (κ3) is 2.83. The van der Waals surface area contributed by atoms with Crippen LogP contribution in [0.2, 0.25) is 5.02 Å². The fourth-order valence-electron chi connectivity index (χ4n) is 2.59. The molecule has 0 aromatic heterocycles. The van der Waals surface area contributed by atoms with Crippen molar-refractivity contribution in [2.24, 2.45) is 5.92 Å². The maximum atomic E-state index is 11.9. The van der Waals surface area contributed by atoms with Crippen molar-refractivity contribution in [1.82, 2.24) is 0 Å². The molecule has 110 valence electrons. The third-order valence-corrected chi connectivity index (χ3v) is 4.00. The number of halogens is 1. The molecular weight excluding hydrogens is 280 g/mol. The number of nitrogen functional groups attached to an aromatic ring is 1. The number of esters is 1. The van der Waals surface area contributed by atoms with Crippen LogP contribution in [0.25, 0.3) is 0 Å². The molecule has 1 aromatic rings. The number of benzene rings is 1. The maximum absolute atomic E-state index is 11.9. The van der Waals surface area contributed by atoms with Crippen molar-refractivity contribution in [3.63, 3.8) is 0 Å². The summed E-state index contributed by atoms with van der Waals surface area (Å²) in [5.74, 6) is -0.288. The maximum Gasteiger partial charge on any atom is 0.340 e. The summed E-state index contributed by atoms with van der Waals surface area (Å²) in [4.78, 5) is 13.9. The second-order valence-electron chi connectivity index (χ2n) is 5.13. The van der Waals surface area contributed by atoms with E-state index in [2.05, 4.69) is 0 Å². The molecule has 0 bridgehead atoms. The van der Waals surface area contributed by atoms with Gasteiger partial charge in [0.15, 0.2) is 0 Å². The van der Waals surface area contributed by atoms with Crippen molar-refractivity contribution in [3.8, 4) is 0 Å². The number of carbonyl (C=O) groups is 1. The molecule has 0 radical (unpaired) electrons. The molecule has 2 unspecified atom stereocenters. The van der Waals surface area contributed by atoms with Gasteiger partial charge in [-0.25, -0.2) is 4.79 Å². The van der Waals surface area contributed by atoms with Crippen LogP contribution in [0.5, 0.6) is 0 Å². The molecule has 6 heteroatoms. The normalized spacial score (nSPS) is 20.0. The minimum atomic E-state index is -0.463. The van der Waals surface area contributed by atoms with E-state index in [-0.39, 0.29) is 12.0 Å². The Labute approximate surface area is 123 Å². The van der Waals surface area contributed by atoms with E-state index in [1.165, 1.54) is 7.11 Å². The summed E-state index contributed by atoms with van der Waals surface area (Å²) in [5, 5.41) is 10.1. The van der Waals surface area contributed by atoms with Crippen LogP contribution in [0.3, 0.4) is 0 Å². The Bertz CT molecular complexity index is 519. The van der Waals surface area contributed by atoms with Gasteiger partial charge in [0.05, 0.1) is 29.5 Å². The number of carbonyl (C=O) groups excluding carboxylic acids is 1. The first-order valence-corrected chi connectivity index (χ1v) is 6.92. The molecule has 1 aliphatic heterocycles. The third-order valence-electron chi connectivity index (χ3n) is 3.71. The van der Waals surface area contributed by atoms with Gasteiger partial charge in [0.1, 0.15) is 0 Å². The topological polar surface area (TPSA) is 75.8 Å². The first-order valence-electron chi connectivity index (χ1n) is 6.54. The van der Waals surface area contributed by atoms with Crippen LogP contribution in [0, 0.1) is 5.92 Å². The van der Waals surface area contributed by atoms with Crippen LogP contribution in [0.1, 0.15) is 23.7 Å². The van der Waals surface area contributed by atoms with Crippen molar-refractivity contribution in [2.75, 3.05) is 30.8 Å². The average Bonchev–Trinajstić information content (AvgIpc) is 2.86. The van der Waals surface area contributed by atoms with Gasteiger partial charge in [-0.15, -0.1) is 0 Å². The van der Waals surface area contributed by atoms with Gasteiger partial charge in [-0.1, -0.05) is 11.6 Å². The lowest BCUT2D eigenvalue weighted by atomic mass is 10.0. The molecule has 1 aliphatic rings. The Kier molecular flexibility index (Phi) is 4.40. The molecule has 1 aromatic carbocycles. The number of rotatable bonds is 3. The number of hydrogen-bond acceptors (Lipinski definition) is 5. The smallest absolute Gasteiger partial charge is 0.340 e. The van der Waals surface area contributed by atoms with Crippen LogP contribution >= 0.6 is 11.6 Å². The molecule has 2 atom stereocenters. The number of nitrogens with two attached hydrogens (primary N) is 1. The largest absolute Gasteiger partial charge is 0.465 e. The highest BCUT2D eigenvalue weighted by Gasteiger charge is 2.30. The van der Waals surface area contributed by atoms with Crippen molar-refractivity contribution in [3.05, 3.63) is 22.7 Å². The fraction of sp³-hybridized carbons (Fsp3) is 0.500. The highest BCUT2D eigenvalue weighted by Crippen LogP contribution is 2.36. The van der Waals surface area contributed by atoms with E-state index >= 15 is 0 Å². The van der Waals surface area contributed by atoms with Gasteiger partial charge in [-0.3, -0.25) is 0 Å². The second kappa shape index (κ2) is 5.89. The monoisotopic (exact) mass is 298 g/mol. The van der Waals surface area contributed by atoms with E-state index in [0.29, 0.717) is 28.5 Å². The van der Waals surface area contributed by atoms with E-state index in [1.54, 1.807) is 19.1 Å². The van der Waals surface area contributed by atoms with E-state index in [9.17, 15) is 9.90 Å². The lowest BCUT2D eigenvalue weighted by Gasteiger charge is -2.23. The fourth-order valence-corrected chi connectivity index (χ4v) is 2.94. The number of aliphatic hydroxyl groups is 1. The van der Waals surface area contributed by atoms with Crippen LogP contribution in [-0.4, -0.2) is 37.4 Å². The van der Waals surface area contributed by atoms with Crippen molar-refractivity contribution < 1.29 is 14.6 Å². The van der Waals surface area contributed by atoms with Crippen LogP contribution in [0.15, 0.2) is 12.1 Å². The summed E-state index contributed by atoms with van der Waals surface area (Å²) in [6, 6.07) is 3.20. The van der Waals surface area contributed by atoms with E-state index in [0.717, 1.165) is 13.0 Å². The predicted molar refractivity (Wildman–Crippen MR) is 79.2 cm³/mol. The summed E-state index contributed by atoms with van der Waals surface area (Å²) in [7, 11) is 1.33. The Hall–Kier alpha value is -1.46. The quantitative estimate of drug-likeness (QED) is 0.658. The number of aliphatic hydroxyl groups excluding tert-OH is 1. The predicted octanol–water partition coefficient (Wildman–Crippen LogP) is 1.92. The van der Waals surface area contributed by atoms with E-state index < -0.39 is 5.97 Å². The van der Waals surface area contributed by atoms with Gasteiger partial charge < -0.3 is 20.5 Å². The minimum absolute atomic E-state index is 0.175. The minimum Gasteiger partial charge on any atom is -0.465 e. The van der Waals surface area contributed by atoms with Gasteiger partial charge >= 0.3 is 5.97 Å². The summed E-state index contributed by atoms with van der Waals surface area (Å²) < 4.78 is 4.79. The molecule has 0 spiro atoms. The average molecular weight is 299 g/mol. The summed E-state index contributed by atoms with van der Waals surface area (Å²) in [6.45, 7) is 3.18. The molecule has 0 amide bonds. The molecule has 1 fully saturated rings. The Balaban J connectivity index is 2.38. The molecular formula is C14H19ClN2O3. The first kappa shape index (κ1) is 14.9. The van der Waals surface area contributed by atoms with Gasteiger partial charge in [-0.05, 0) is 25.5 Å². The highest BCUT2D eigenvalue weighted by molar-refractivity contribution is 6.34. The first-order chi connectivity index (χ1) is 9.43. The zero-order chi connectivity index (χ0) is 14.9. The van der Waals surface area contributed by atoms with Crippen LogP contribution in [-0.2, 0) is 4.74 Å². The molecule has 2 rings (SSSR count). The van der Waals surface area contributed by atoms with Crippen LogP contribution in [0.4, 0.5) is 11.4 Å². The highest BCUT2D eigenvalue weighted by atomic mass is 35.5. The van der Waals surface area contributed by atoms with Crippen molar-refractivity contribution in [2.45, 2.75) is 19.4 Å². The number of nitrogens with zero attached hydrogens (tertiary/aromatic N) is 1. The zero-order valence-corrected chi connectivity index (χ0v) is 12.4. The lowest BCUT2D eigenvalue weighted by Crippen LogP contribution is -2.26. The molecule has 1 saturated heterocycles. The SMILES string of the molecule is COC(=O)c1cc(N)cc(Cl)c1N1CCC(C(C)O)C1. The van der Waals surface area contributed by atoms with Crippen molar-refractivity contribution >= 4 is 28.9 Å². The van der Waals surface area contributed by atoms with Gasteiger partial charge in [0.25, 0.3) is 0 Å². The van der Waals surface area contributed by atoms with Gasteiger partial charge in [0, 0.05) is 24.7 Å². The molecule has 1 heterocycles. The standard InChI is InChI=1S/C14H19ClN2O3/c1-8(18)9-3-4-17(7-9)13-11(14(19)20-2)5-10(16)6-12(13)15/h5-6,8-9,18H,3-4,7,16H2,1-2H3. The lowest BCUT2D eigenvalue weighted by molar-refractivity contribution is 0.0601. The molecule has 0 aliphatic carbocycles. The van der Waals surface area contributed by atoms with Crippen molar-refractivity contribution in [1.29, 1.82) is 0 Å². The van der Waals surface area contributed by atoms with Gasteiger partial charge in [0.2, 0.25) is 0 Å². The summed E-state index contributed by atoms with van der Waals surface area (Å²) in [5.41, 5.74) is 7.17. The second-order valence-corrected chi connectivity index (χ2v) is 5.53. The number of ether oxygens (including phenoxy) is 1. The number of methoxy groups -OCH3 is 1. The Morgan fingerprint density at radius 1 is 1.60 bits per heavy atom. The Morgan fingerprint density at radius 3 is 2.85 bits per heavy atom. The Morgan fingerprint density at radius 2 is 2.30 bits per heavy atom. The summed E-state index contributed by atoms with van der Waals surface area (Å²) >= 11 is 6.25. The summed E-state index contributed by atoms with van der Waals surface area (Å²) in [6.07, 6.45) is 0.480. The number of anilines is 2. The molecule has 0 saturated carbocycles. The molecule has 20 heavy (non-hydrogen) atoms. The van der Waals surface area contributed by atoms with Gasteiger partial charge in [-0.2, -0.15) is 0 Å². The van der Waals surface area contributed by atoms with Crippen LogP contribution < -0.4 is 10.6 Å². The zero-order valence-electron chi connectivity index (χ0n) is 11.6.